The normalized spacial score (nSPS) is 15.3. The van der Waals surface area contributed by atoms with E-state index < -0.39 is 5.54 Å². The van der Waals surface area contributed by atoms with Gasteiger partial charge >= 0.3 is 0 Å². The second-order valence-electron chi connectivity index (χ2n) is 7.69. The Kier molecular flexibility index (Phi) is 5.18. The first-order valence-corrected chi connectivity index (χ1v) is 10.3. The Morgan fingerprint density at radius 2 is 1.52 bits per heavy atom. The summed E-state index contributed by atoms with van der Waals surface area (Å²) >= 11 is 11.9. The highest BCUT2D eigenvalue weighted by Gasteiger charge is 2.50. The van der Waals surface area contributed by atoms with Gasteiger partial charge in [0.2, 0.25) is 0 Å². The second-order valence-corrected chi connectivity index (χ2v) is 8.46. The van der Waals surface area contributed by atoms with Gasteiger partial charge in [-0.05, 0) is 79.7 Å². The minimum Gasteiger partial charge on any atom is -0.508 e. The molecule has 0 aliphatic carbocycles. The summed E-state index contributed by atoms with van der Waals surface area (Å²) in [5, 5.41) is 19.2. The van der Waals surface area contributed by atoms with E-state index in [-0.39, 0.29) is 16.7 Å². The van der Waals surface area contributed by atoms with Crippen molar-refractivity contribution in [3.63, 3.8) is 0 Å². The standard InChI is InChI=1S/C24H18ClN3O2S/c1-24(2)22(30)27(19-10-5-17(14-26)21(25)13-19)23(31)28(24)18-8-3-15(4-9-18)16-6-11-20(29)12-7-16/h3-13,29H,1-2H3. The van der Waals surface area contributed by atoms with Crippen LogP contribution < -0.4 is 9.80 Å². The van der Waals surface area contributed by atoms with Crippen LogP contribution in [0.4, 0.5) is 11.4 Å². The van der Waals surface area contributed by atoms with Crippen LogP contribution in [0, 0.1) is 11.3 Å². The zero-order valence-electron chi connectivity index (χ0n) is 16.8. The zero-order valence-corrected chi connectivity index (χ0v) is 18.4. The number of rotatable bonds is 3. The molecule has 0 radical (unpaired) electrons. The summed E-state index contributed by atoms with van der Waals surface area (Å²) < 4.78 is 0. The molecule has 5 nitrogen and oxygen atoms in total. The van der Waals surface area contributed by atoms with Crippen LogP contribution in [0.25, 0.3) is 11.1 Å². The Hall–Kier alpha value is -3.40. The molecule has 1 aliphatic rings. The number of benzene rings is 3. The number of thiocarbonyl (C=S) groups is 1. The monoisotopic (exact) mass is 447 g/mol. The second kappa shape index (κ2) is 7.69. The molecule has 154 valence electrons. The third-order valence-corrected chi connectivity index (χ3v) is 6.00. The maximum atomic E-state index is 13.3. The minimum atomic E-state index is -0.905. The van der Waals surface area contributed by atoms with Gasteiger partial charge in [0.15, 0.2) is 5.11 Å². The van der Waals surface area contributed by atoms with Crippen molar-refractivity contribution < 1.29 is 9.90 Å². The molecule has 1 amide bonds. The average molecular weight is 448 g/mol. The van der Waals surface area contributed by atoms with Crippen LogP contribution in [0.15, 0.2) is 66.7 Å². The smallest absolute Gasteiger partial charge is 0.259 e. The van der Waals surface area contributed by atoms with Crippen molar-refractivity contribution in [2.75, 3.05) is 9.80 Å². The van der Waals surface area contributed by atoms with Gasteiger partial charge < -0.3 is 10.0 Å². The summed E-state index contributed by atoms with van der Waals surface area (Å²) in [5.74, 6) is 0.0342. The first-order valence-electron chi connectivity index (χ1n) is 9.52. The number of aromatic hydroxyl groups is 1. The van der Waals surface area contributed by atoms with E-state index in [0.717, 1.165) is 16.8 Å². The summed E-state index contributed by atoms with van der Waals surface area (Å²) in [6.07, 6.45) is 0. The molecule has 1 fully saturated rings. The topological polar surface area (TPSA) is 67.6 Å². The van der Waals surface area contributed by atoms with Gasteiger partial charge in [-0.25, -0.2) is 0 Å². The van der Waals surface area contributed by atoms with E-state index in [9.17, 15) is 9.90 Å². The lowest BCUT2D eigenvalue weighted by Gasteiger charge is -2.29. The lowest BCUT2D eigenvalue weighted by molar-refractivity contribution is -0.120. The van der Waals surface area contributed by atoms with Gasteiger partial charge in [-0.15, -0.1) is 0 Å². The van der Waals surface area contributed by atoms with Gasteiger partial charge in [0, 0.05) is 5.69 Å². The van der Waals surface area contributed by atoms with E-state index >= 15 is 0 Å². The van der Waals surface area contributed by atoms with Crippen molar-refractivity contribution in [2.24, 2.45) is 0 Å². The number of phenols is 1. The summed E-state index contributed by atoms with van der Waals surface area (Å²) in [6.45, 7) is 3.64. The van der Waals surface area contributed by atoms with Gasteiger partial charge in [0.1, 0.15) is 17.4 Å². The van der Waals surface area contributed by atoms with E-state index in [1.165, 1.54) is 4.90 Å². The Bertz CT molecular complexity index is 1230. The van der Waals surface area contributed by atoms with E-state index in [0.29, 0.717) is 16.4 Å². The van der Waals surface area contributed by atoms with Gasteiger partial charge in [-0.3, -0.25) is 9.69 Å². The maximum absolute atomic E-state index is 13.3. The Balaban J connectivity index is 1.69. The van der Waals surface area contributed by atoms with E-state index in [4.69, 9.17) is 29.1 Å². The molecule has 31 heavy (non-hydrogen) atoms. The number of carbonyl (C=O) groups is 1. The first-order chi connectivity index (χ1) is 14.7. The highest BCUT2D eigenvalue weighted by atomic mass is 35.5. The average Bonchev–Trinajstić information content (AvgIpc) is 2.92. The van der Waals surface area contributed by atoms with Crippen LogP contribution in [-0.2, 0) is 4.79 Å². The fraction of sp³-hybridized carbons (Fsp3) is 0.125. The molecule has 3 aromatic carbocycles. The van der Waals surface area contributed by atoms with Crippen molar-refractivity contribution in [1.29, 1.82) is 5.26 Å². The minimum absolute atomic E-state index is 0.180. The maximum Gasteiger partial charge on any atom is 0.259 e. The zero-order chi connectivity index (χ0) is 22.3. The fourth-order valence-corrected chi connectivity index (χ4v) is 4.39. The third-order valence-electron chi connectivity index (χ3n) is 5.33. The lowest BCUT2D eigenvalue weighted by atomic mass is 10.0. The molecule has 7 heteroatoms. The molecule has 0 saturated carbocycles. The molecule has 0 aromatic heterocycles. The quantitative estimate of drug-likeness (QED) is 0.537. The molecule has 1 N–H and O–H groups in total. The van der Waals surface area contributed by atoms with E-state index in [1.807, 2.05) is 61.2 Å². The number of hydrogen-bond acceptors (Lipinski definition) is 4. The molecular formula is C24H18ClN3O2S. The van der Waals surface area contributed by atoms with Gasteiger partial charge in [-0.1, -0.05) is 35.9 Å². The molecule has 3 aromatic rings. The van der Waals surface area contributed by atoms with Crippen LogP contribution in [0.2, 0.25) is 5.02 Å². The van der Waals surface area contributed by atoms with E-state index in [1.54, 1.807) is 30.3 Å². The number of hydrogen-bond donors (Lipinski definition) is 1. The Morgan fingerprint density at radius 3 is 2.06 bits per heavy atom. The third kappa shape index (κ3) is 3.52. The molecule has 0 atom stereocenters. The molecule has 1 heterocycles. The molecule has 0 unspecified atom stereocenters. The molecule has 4 rings (SSSR count). The van der Waals surface area contributed by atoms with Gasteiger partial charge in [-0.2, -0.15) is 5.26 Å². The van der Waals surface area contributed by atoms with E-state index in [2.05, 4.69) is 0 Å². The first kappa shape index (κ1) is 20.9. The largest absolute Gasteiger partial charge is 0.508 e. The van der Waals surface area contributed by atoms with Crippen LogP contribution in [0.1, 0.15) is 19.4 Å². The van der Waals surface area contributed by atoms with Gasteiger partial charge in [0.05, 0.1) is 16.3 Å². The summed E-state index contributed by atoms with van der Waals surface area (Å²) in [7, 11) is 0. The fourth-order valence-electron chi connectivity index (χ4n) is 3.65. The number of halogens is 1. The van der Waals surface area contributed by atoms with Gasteiger partial charge in [0.25, 0.3) is 5.91 Å². The highest BCUT2D eigenvalue weighted by Crippen LogP contribution is 2.38. The lowest BCUT2D eigenvalue weighted by Crippen LogP contribution is -2.44. The highest BCUT2D eigenvalue weighted by molar-refractivity contribution is 7.81. The van der Waals surface area contributed by atoms with Crippen LogP contribution in [0.3, 0.4) is 0 Å². The molecule has 0 bridgehead atoms. The number of phenolic OH excluding ortho intramolecular Hbond substituents is 1. The number of amides is 1. The van der Waals surface area contributed by atoms with Crippen LogP contribution in [-0.4, -0.2) is 21.7 Å². The number of nitriles is 1. The van der Waals surface area contributed by atoms with Crippen molar-refractivity contribution in [3.05, 3.63) is 77.3 Å². The number of nitrogens with zero attached hydrogens (tertiary/aromatic N) is 3. The van der Waals surface area contributed by atoms with Crippen molar-refractivity contribution in [3.8, 4) is 22.9 Å². The van der Waals surface area contributed by atoms with Crippen LogP contribution >= 0.6 is 23.8 Å². The molecular weight excluding hydrogens is 430 g/mol. The van der Waals surface area contributed by atoms with Crippen molar-refractivity contribution in [1.82, 2.24) is 0 Å². The number of anilines is 2. The van der Waals surface area contributed by atoms with Crippen LogP contribution in [0.5, 0.6) is 5.75 Å². The summed E-state index contributed by atoms with van der Waals surface area (Å²) in [4.78, 5) is 16.5. The molecule has 1 saturated heterocycles. The summed E-state index contributed by atoms with van der Waals surface area (Å²) in [5.41, 5.74) is 2.69. The SMILES string of the molecule is CC1(C)C(=O)N(c2ccc(C#N)c(Cl)c2)C(=S)N1c1ccc(-c2ccc(O)cc2)cc1. The summed E-state index contributed by atoms with van der Waals surface area (Å²) in [6, 6.07) is 21.5. The van der Waals surface area contributed by atoms with Crippen molar-refractivity contribution >= 4 is 46.2 Å². The Morgan fingerprint density at radius 1 is 0.968 bits per heavy atom. The predicted octanol–water partition coefficient (Wildman–Crippen LogP) is 5.50. The molecule has 1 aliphatic heterocycles. The predicted molar refractivity (Wildman–Crippen MR) is 126 cm³/mol. The van der Waals surface area contributed by atoms with Crippen molar-refractivity contribution in [2.45, 2.75) is 19.4 Å². The molecule has 0 spiro atoms. The Labute approximate surface area is 190 Å². The number of carbonyl (C=O) groups excluding carboxylic acids is 1.